The number of nitrogens with two attached hydrogens (primary N) is 1. The fraction of sp³-hybridized carbons (Fsp3) is 0.240. The van der Waals surface area contributed by atoms with Gasteiger partial charge in [-0.25, -0.2) is 4.98 Å². The van der Waals surface area contributed by atoms with Gasteiger partial charge in [0.15, 0.2) is 0 Å². The number of ether oxygens (including phenoxy) is 2. The molecule has 0 saturated carbocycles. The molecule has 0 spiro atoms. The molecule has 2 unspecified atom stereocenters. The van der Waals surface area contributed by atoms with Crippen LogP contribution in [0.4, 0.5) is 0 Å². The Kier molecular flexibility index (Phi) is 6.77. The molecule has 7 nitrogen and oxygen atoms in total. The first kappa shape index (κ1) is 21.5. The largest absolute Gasteiger partial charge is 0.493 e. The van der Waals surface area contributed by atoms with E-state index in [2.05, 4.69) is 9.97 Å². The molecule has 4 aromatic rings. The maximum absolute atomic E-state index is 11.5. The number of pyridine rings is 1. The van der Waals surface area contributed by atoms with E-state index in [9.17, 15) is 4.79 Å². The zero-order chi connectivity index (χ0) is 22.3. The summed E-state index contributed by atoms with van der Waals surface area (Å²) in [6, 6.07) is 19.7. The topological polar surface area (TPSA) is 92.3 Å². The summed E-state index contributed by atoms with van der Waals surface area (Å²) in [5.41, 5.74) is 7.64. The Labute approximate surface area is 186 Å². The van der Waals surface area contributed by atoms with E-state index in [0.29, 0.717) is 19.6 Å². The van der Waals surface area contributed by atoms with Crippen molar-refractivity contribution in [2.24, 2.45) is 5.73 Å². The van der Waals surface area contributed by atoms with E-state index in [-0.39, 0.29) is 17.8 Å². The molecule has 0 aliphatic heterocycles. The smallest absolute Gasteiger partial charge is 0.268 e. The Balaban J connectivity index is 1.44. The monoisotopic (exact) mass is 430 g/mol. The Hall–Kier alpha value is -3.71. The standard InChI is InChI=1S/C25H26N4O3/c1-18(32-16-19-6-3-2-4-7-19)24(29-15-23(25(26)30)28-17-29)11-13-31-21-9-10-22-20(14-21)8-5-12-27-22/h2-10,12,14-15,17-18,24H,11,13,16H2,1H3,(H2,26,30). The molecule has 0 bridgehead atoms. The van der Waals surface area contributed by atoms with Gasteiger partial charge in [0, 0.05) is 24.2 Å². The molecule has 32 heavy (non-hydrogen) atoms. The summed E-state index contributed by atoms with van der Waals surface area (Å²) in [4.78, 5) is 20.0. The van der Waals surface area contributed by atoms with Crippen molar-refractivity contribution < 1.29 is 14.3 Å². The third-order valence-electron chi connectivity index (χ3n) is 5.39. The van der Waals surface area contributed by atoms with Gasteiger partial charge in [0.05, 0.1) is 37.2 Å². The third-order valence-corrected chi connectivity index (χ3v) is 5.39. The number of amides is 1. The van der Waals surface area contributed by atoms with Gasteiger partial charge in [-0.3, -0.25) is 9.78 Å². The molecular formula is C25H26N4O3. The number of hydrogen-bond donors (Lipinski definition) is 1. The second-order valence-electron chi connectivity index (χ2n) is 7.63. The first-order chi connectivity index (χ1) is 15.6. The number of carbonyl (C=O) groups is 1. The van der Waals surface area contributed by atoms with Crippen molar-refractivity contribution >= 4 is 16.8 Å². The molecule has 1 amide bonds. The van der Waals surface area contributed by atoms with E-state index in [4.69, 9.17) is 15.2 Å². The summed E-state index contributed by atoms with van der Waals surface area (Å²) in [5.74, 6) is 0.229. The van der Waals surface area contributed by atoms with Crippen molar-refractivity contribution in [3.05, 3.63) is 90.6 Å². The van der Waals surface area contributed by atoms with Crippen LogP contribution in [-0.4, -0.2) is 33.2 Å². The number of carbonyl (C=O) groups excluding carboxylic acids is 1. The SMILES string of the molecule is CC(OCc1ccccc1)C(CCOc1ccc2ncccc2c1)n1cnc(C(N)=O)c1. The molecule has 4 rings (SSSR count). The Morgan fingerprint density at radius 1 is 1.09 bits per heavy atom. The molecule has 2 heterocycles. The molecule has 0 radical (unpaired) electrons. The predicted octanol–water partition coefficient (Wildman–Crippen LogP) is 4.15. The van der Waals surface area contributed by atoms with E-state index in [1.807, 2.05) is 72.2 Å². The highest BCUT2D eigenvalue weighted by Gasteiger charge is 2.21. The van der Waals surface area contributed by atoms with Crippen molar-refractivity contribution in [3.63, 3.8) is 0 Å². The maximum atomic E-state index is 11.5. The van der Waals surface area contributed by atoms with Crippen LogP contribution in [0.3, 0.4) is 0 Å². The molecule has 0 saturated heterocycles. The summed E-state index contributed by atoms with van der Waals surface area (Å²) in [7, 11) is 0. The number of imidazole rings is 1. The van der Waals surface area contributed by atoms with Gasteiger partial charge in [-0.05, 0) is 36.8 Å². The van der Waals surface area contributed by atoms with Crippen molar-refractivity contribution in [1.29, 1.82) is 0 Å². The molecule has 2 aromatic carbocycles. The molecule has 0 fully saturated rings. The van der Waals surface area contributed by atoms with Gasteiger partial charge in [-0.2, -0.15) is 0 Å². The van der Waals surface area contributed by atoms with Gasteiger partial charge in [-0.15, -0.1) is 0 Å². The van der Waals surface area contributed by atoms with Crippen LogP contribution in [0.5, 0.6) is 5.75 Å². The number of primary amides is 1. The number of rotatable bonds is 10. The normalized spacial score (nSPS) is 13.0. The highest BCUT2D eigenvalue weighted by atomic mass is 16.5. The lowest BCUT2D eigenvalue weighted by Crippen LogP contribution is -2.25. The molecule has 2 aromatic heterocycles. The van der Waals surface area contributed by atoms with Crippen molar-refractivity contribution in [2.45, 2.75) is 32.1 Å². The van der Waals surface area contributed by atoms with Crippen LogP contribution in [0.2, 0.25) is 0 Å². The zero-order valence-electron chi connectivity index (χ0n) is 17.9. The fourth-order valence-corrected chi connectivity index (χ4v) is 3.63. The zero-order valence-corrected chi connectivity index (χ0v) is 17.9. The van der Waals surface area contributed by atoms with Gasteiger partial charge < -0.3 is 19.8 Å². The first-order valence-corrected chi connectivity index (χ1v) is 10.6. The molecular weight excluding hydrogens is 404 g/mol. The minimum atomic E-state index is -0.554. The third kappa shape index (κ3) is 5.31. The maximum Gasteiger partial charge on any atom is 0.268 e. The lowest BCUT2D eigenvalue weighted by molar-refractivity contribution is 0.0113. The van der Waals surface area contributed by atoms with E-state index in [1.165, 1.54) is 0 Å². The lowest BCUT2D eigenvalue weighted by atomic mass is 10.1. The van der Waals surface area contributed by atoms with Gasteiger partial charge in [0.1, 0.15) is 11.4 Å². The van der Waals surface area contributed by atoms with E-state index < -0.39 is 5.91 Å². The van der Waals surface area contributed by atoms with E-state index in [1.54, 1.807) is 18.7 Å². The van der Waals surface area contributed by atoms with Crippen LogP contribution in [-0.2, 0) is 11.3 Å². The molecule has 0 aliphatic carbocycles. The summed E-state index contributed by atoms with van der Waals surface area (Å²) >= 11 is 0. The minimum Gasteiger partial charge on any atom is -0.493 e. The molecule has 2 atom stereocenters. The van der Waals surface area contributed by atoms with Crippen LogP contribution in [0, 0.1) is 0 Å². The van der Waals surface area contributed by atoms with Crippen LogP contribution >= 0.6 is 0 Å². The lowest BCUT2D eigenvalue weighted by Gasteiger charge is -2.26. The van der Waals surface area contributed by atoms with Gasteiger partial charge in [-0.1, -0.05) is 36.4 Å². The van der Waals surface area contributed by atoms with E-state index in [0.717, 1.165) is 22.2 Å². The summed E-state index contributed by atoms with van der Waals surface area (Å²) in [6.45, 7) is 2.98. The van der Waals surface area contributed by atoms with Crippen molar-refractivity contribution in [2.75, 3.05) is 6.61 Å². The molecule has 2 N–H and O–H groups in total. The van der Waals surface area contributed by atoms with Crippen molar-refractivity contribution in [3.8, 4) is 5.75 Å². The Bertz CT molecular complexity index is 1180. The number of benzene rings is 2. The predicted molar refractivity (Wildman–Crippen MR) is 122 cm³/mol. The number of nitrogens with zero attached hydrogens (tertiary/aromatic N) is 3. The van der Waals surface area contributed by atoms with Crippen molar-refractivity contribution in [1.82, 2.24) is 14.5 Å². The summed E-state index contributed by atoms with van der Waals surface area (Å²) < 4.78 is 14.0. The average Bonchev–Trinajstić information content (AvgIpc) is 3.31. The molecule has 7 heteroatoms. The minimum absolute atomic E-state index is 0.0820. The summed E-state index contributed by atoms with van der Waals surface area (Å²) in [5, 5.41) is 1.03. The Morgan fingerprint density at radius 3 is 2.72 bits per heavy atom. The van der Waals surface area contributed by atoms with Crippen LogP contribution in [0.1, 0.15) is 35.4 Å². The van der Waals surface area contributed by atoms with E-state index >= 15 is 0 Å². The second kappa shape index (κ2) is 10.1. The van der Waals surface area contributed by atoms with Gasteiger partial charge in [0.25, 0.3) is 5.91 Å². The number of aromatic nitrogens is 3. The summed E-state index contributed by atoms with van der Waals surface area (Å²) in [6.07, 6.45) is 5.58. The number of hydrogen-bond acceptors (Lipinski definition) is 5. The second-order valence-corrected chi connectivity index (χ2v) is 7.63. The highest BCUT2D eigenvalue weighted by Crippen LogP contribution is 2.23. The number of fused-ring (bicyclic) bond motifs is 1. The average molecular weight is 431 g/mol. The van der Waals surface area contributed by atoms with Crippen LogP contribution < -0.4 is 10.5 Å². The Morgan fingerprint density at radius 2 is 1.94 bits per heavy atom. The fourth-order valence-electron chi connectivity index (χ4n) is 3.63. The molecule has 164 valence electrons. The van der Waals surface area contributed by atoms with Gasteiger partial charge in [0.2, 0.25) is 0 Å². The van der Waals surface area contributed by atoms with Crippen LogP contribution in [0.25, 0.3) is 10.9 Å². The van der Waals surface area contributed by atoms with Crippen LogP contribution in [0.15, 0.2) is 79.4 Å². The molecule has 0 aliphatic rings. The highest BCUT2D eigenvalue weighted by molar-refractivity contribution is 5.90. The quantitative estimate of drug-likeness (QED) is 0.408. The first-order valence-electron chi connectivity index (χ1n) is 10.6. The van der Waals surface area contributed by atoms with Gasteiger partial charge >= 0.3 is 0 Å².